The van der Waals surface area contributed by atoms with Crippen molar-refractivity contribution in [2.24, 2.45) is 5.92 Å². The van der Waals surface area contributed by atoms with E-state index in [4.69, 9.17) is 0 Å². The lowest BCUT2D eigenvalue weighted by Gasteiger charge is -2.20. The zero-order valence-corrected chi connectivity index (χ0v) is 10.7. The number of halogens is 2. The van der Waals surface area contributed by atoms with Gasteiger partial charge in [-0.2, -0.15) is 0 Å². The Labute approximate surface area is 111 Å². The fourth-order valence-corrected chi connectivity index (χ4v) is 2.23. The van der Waals surface area contributed by atoms with Gasteiger partial charge < -0.3 is 5.32 Å². The molecule has 1 saturated heterocycles. The second-order valence-corrected chi connectivity index (χ2v) is 4.85. The van der Waals surface area contributed by atoms with Crippen LogP contribution in [0.25, 0.3) is 0 Å². The number of piperidine rings is 1. The predicted octanol–water partition coefficient (Wildman–Crippen LogP) is 2.70. The number of carbonyl (C=O) groups excluding carboxylic acids is 1. The minimum Gasteiger partial charge on any atom is -0.326 e. The van der Waals surface area contributed by atoms with E-state index < -0.39 is 11.6 Å². The van der Waals surface area contributed by atoms with E-state index in [1.165, 1.54) is 6.07 Å². The van der Waals surface area contributed by atoms with Gasteiger partial charge in [-0.3, -0.25) is 4.79 Å². The van der Waals surface area contributed by atoms with Crippen LogP contribution in [0.4, 0.5) is 14.5 Å². The Kier molecular flexibility index (Phi) is 4.85. The predicted molar refractivity (Wildman–Crippen MR) is 68.8 cm³/mol. The summed E-state index contributed by atoms with van der Waals surface area (Å²) in [4.78, 5) is 11.7. The van der Waals surface area contributed by atoms with Gasteiger partial charge in [0, 0.05) is 31.3 Å². The molecule has 19 heavy (non-hydrogen) atoms. The number of anilines is 1. The first kappa shape index (κ1) is 13.9. The third kappa shape index (κ3) is 4.28. The molecule has 0 aliphatic carbocycles. The highest BCUT2D eigenvalue weighted by atomic mass is 19.2. The van der Waals surface area contributed by atoms with Crippen LogP contribution in [-0.2, 0) is 4.79 Å². The van der Waals surface area contributed by atoms with E-state index in [2.05, 4.69) is 10.6 Å². The maximum absolute atomic E-state index is 13.0. The van der Waals surface area contributed by atoms with Crippen LogP contribution in [0, 0.1) is 17.6 Å². The lowest BCUT2D eigenvalue weighted by Crippen LogP contribution is -2.25. The van der Waals surface area contributed by atoms with Gasteiger partial charge in [0.2, 0.25) is 5.91 Å². The van der Waals surface area contributed by atoms with Gasteiger partial charge in [-0.15, -0.1) is 0 Å². The molecule has 1 aliphatic rings. The molecule has 1 aromatic rings. The first-order valence-corrected chi connectivity index (χ1v) is 6.53. The summed E-state index contributed by atoms with van der Waals surface area (Å²) >= 11 is 0. The molecule has 1 N–H and O–H groups in total. The first-order chi connectivity index (χ1) is 9.15. The molecule has 1 radical (unpaired) electrons. The van der Waals surface area contributed by atoms with Crippen molar-refractivity contribution in [2.75, 3.05) is 18.4 Å². The molecule has 1 aliphatic heterocycles. The Morgan fingerprint density at radius 2 is 2.21 bits per heavy atom. The highest BCUT2D eigenvalue weighted by Gasteiger charge is 2.15. The van der Waals surface area contributed by atoms with Crippen molar-refractivity contribution in [1.29, 1.82) is 0 Å². The van der Waals surface area contributed by atoms with Gasteiger partial charge in [-0.1, -0.05) is 0 Å². The highest BCUT2D eigenvalue weighted by molar-refractivity contribution is 5.90. The summed E-state index contributed by atoms with van der Waals surface area (Å²) in [5, 5.41) is 6.89. The summed E-state index contributed by atoms with van der Waals surface area (Å²) in [6, 6.07) is 3.35. The quantitative estimate of drug-likeness (QED) is 0.895. The summed E-state index contributed by atoms with van der Waals surface area (Å²) in [6.07, 6.45) is 3.38. The van der Waals surface area contributed by atoms with Crippen LogP contribution in [-0.4, -0.2) is 19.0 Å². The van der Waals surface area contributed by atoms with Gasteiger partial charge in [-0.05, 0) is 37.3 Å². The molecule has 1 aromatic carbocycles. The lowest BCUT2D eigenvalue weighted by atomic mass is 9.94. The van der Waals surface area contributed by atoms with Crippen LogP contribution < -0.4 is 10.6 Å². The van der Waals surface area contributed by atoms with Crippen molar-refractivity contribution in [1.82, 2.24) is 5.32 Å². The maximum atomic E-state index is 13.0. The number of nitrogens with one attached hydrogen (secondary N) is 1. The van der Waals surface area contributed by atoms with Gasteiger partial charge in [0.25, 0.3) is 0 Å². The van der Waals surface area contributed by atoms with E-state index in [0.29, 0.717) is 12.3 Å². The second-order valence-electron chi connectivity index (χ2n) is 4.85. The Hall–Kier alpha value is -1.49. The average Bonchev–Trinajstić information content (AvgIpc) is 2.42. The minimum atomic E-state index is -0.955. The van der Waals surface area contributed by atoms with Crippen LogP contribution in [0.2, 0.25) is 0 Å². The van der Waals surface area contributed by atoms with E-state index in [9.17, 15) is 13.6 Å². The Balaban J connectivity index is 1.78. The van der Waals surface area contributed by atoms with Crippen LogP contribution in [0.3, 0.4) is 0 Å². The monoisotopic (exact) mass is 267 g/mol. The minimum absolute atomic E-state index is 0.170. The summed E-state index contributed by atoms with van der Waals surface area (Å²) in [5.41, 5.74) is 0.289. The van der Waals surface area contributed by atoms with E-state index in [1.807, 2.05) is 0 Å². The second kappa shape index (κ2) is 6.61. The van der Waals surface area contributed by atoms with E-state index in [0.717, 1.165) is 44.5 Å². The van der Waals surface area contributed by atoms with E-state index in [1.54, 1.807) is 0 Å². The van der Waals surface area contributed by atoms with E-state index >= 15 is 0 Å². The van der Waals surface area contributed by atoms with Crippen LogP contribution >= 0.6 is 0 Å². The molecule has 3 nitrogen and oxygen atoms in total. The Morgan fingerprint density at radius 1 is 1.37 bits per heavy atom. The SMILES string of the molecule is O=C(CCC1CCC[N]C1)Nc1ccc(F)c(F)c1. The number of hydrogen-bond donors (Lipinski definition) is 1. The number of benzene rings is 1. The van der Waals surface area contributed by atoms with Crippen molar-refractivity contribution in [3.05, 3.63) is 29.8 Å². The van der Waals surface area contributed by atoms with Crippen LogP contribution in [0.15, 0.2) is 18.2 Å². The van der Waals surface area contributed by atoms with Gasteiger partial charge >= 0.3 is 0 Å². The Bertz CT molecular complexity index is 445. The summed E-state index contributed by atoms with van der Waals surface area (Å²) in [6.45, 7) is 1.76. The Morgan fingerprint density at radius 3 is 2.89 bits per heavy atom. The molecular weight excluding hydrogens is 250 g/mol. The lowest BCUT2D eigenvalue weighted by molar-refractivity contribution is -0.116. The molecule has 1 atom stereocenters. The average molecular weight is 267 g/mol. The molecule has 0 spiro atoms. The third-order valence-electron chi connectivity index (χ3n) is 3.30. The third-order valence-corrected chi connectivity index (χ3v) is 3.30. The van der Waals surface area contributed by atoms with E-state index in [-0.39, 0.29) is 11.6 Å². The molecule has 1 fully saturated rings. The molecule has 0 bridgehead atoms. The van der Waals surface area contributed by atoms with Crippen molar-refractivity contribution in [2.45, 2.75) is 25.7 Å². The van der Waals surface area contributed by atoms with Gasteiger partial charge in [-0.25, -0.2) is 14.1 Å². The smallest absolute Gasteiger partial charge is 0.224 e. The number of hydrogen-bond acceptors (Lipinski definition) is 1. The fourth-order valence-electron chi connectivity index (χ4n) is 2.23. The molecule has 1 heterocycles. The van der Waals surface area contributed by atoms with Crippen molar-refractivity contribution >= 4 is 11.6 Å². The summed E-state index contributed by atoms with van der Waals surface area (Å²) < 4.78 is 25.7. The molecule has 0 aromatic heterocycles. The van der Waals surface area contributed by atoms with Gasteiger partial charge in [0.15, 0.2) is 11.6 Å². The summed E-state index contributed by atoms with van der Waals surface area (Å²) in [7, 11) is 0. The largest absolute Gasteiger partial charge is 0.326 e. The molecule has 5 heteroatoms. The standard InChI is InChI=1S/C14H17F2N2O/c15-12-5-4-11(8-13(12)16)18-14(19)6-3-10-2-1-7-17-9-10/h4-5,8,10H,1-3,6-7,9H2,(H,18,19). The highest BCUT2D eigenvalue weighted by Crippen LogP contribution is 2.18. The zero-order valence-electron chi connectivity index (χ0n) is 10.7. The normalized spacial score (nSPS) is 19.2. The first-order valence-electron chi connectivity index (χ1n) is 6.53. The number of carbonyl (C=O) groups is 1. The van der Waals surface area contributed by atoms with Crippen LogP contribution in [0.5, 0.6) is 0 Å². The fraction of sp³-hybridized carbons (Fsp3) is 0.500. The molecule has 1 amide bonds. The van der Waals surface area contributed by atoms with Crippen molar-refractivity contribution < 1.29 is 13.6 Å². The molecule has 103 valence electrons. The number of amides is 1. The molecular formula is C14H17F2N2O. The maximum Gasteiger partial charge on any atom is 0.224 e. The zero-order chi connectivity index (χ0) is 13.7. The van der Waals surface area contributed by atoms with Crippen molar-refractivity contribution in [3.8, 4) is 0 Å². The van der Waals surface area contributed by atoms with Gasteiger partial charge in [0.05, 0.1) is 0 Å². The summed E-state index contributed by atoms with van der Waals surface area (Å²) in [5.74, 6) is -1.56. The number of rotatable bonds is 4. The topological polar surface area (TPSA) is 43.2 Å². The molecule has 1 unspecified atom stereocenters. The van der Waals surface area contributed by atoms with Gasteiger partial charge in [0.1, 0.15) is 0 Å². The molecule has 2 rings (SSSR count). The van der Waals surface area contributed by atoms with Crippen molar-refractivity contribution in [3.63, 3.8) is 0 Å². The number of nitrogens with zero attached hydrogens (tertiary/aromatic N) is 1. The molecule has 0 saturated carbocycles. The van der Waals surface area contributed by atoms with Crippen LogP contribution in [0.1, 0.15) is 25.7 Å².